The van der Waals surface area contributed by atoms with Crippen LogP contribution < -0.4 is 4.90 Å². The number of nitrogens with zero attached hydrogens (tertiary/aromatic N) is 2. The summed E-state index contributed by atoms with van der Waals surface area (Å²) in [6.45, 7) is 2.93. The van der Waals surface area contributed by atoms with Crippen molar-refractivity contribution in [1.29, 1.82) is 0 Å². The molecule has 0 aliphatic heterocycles. The molecule has 0 amide bonds. The van der Waals surface area contributed by atoms with Crippen LogP contribution in [-0.2, 0) is 0 Å². The number of carboxylic acids is 1. The summed E-state index contributed by atoms with van der Waals surface area (Å²) >= 11 is 0. The molecule has 0 bridgehead atoms. The molecule has 2 rings (SSSR count). The third-order valence-corrected chi connectivity index (χ3v) is 2.88. The smallest absolute Gasteiger partial charge is 0.336 e. The zero-order valence-corrected chi connectivity index (χ0v) is 10.6. The molecule has 0 aliphatic rings. The summed E-state index contributed by atoms with van der Waals surface area (Å²) < 4.78 is 0. The number of para-hydroxylation sites is 1. The van der Waals surface area contributed by atoms with Gasteiger partial charge in [0.05, 0.1) is 11.1 Å². The van der Waals surface area contributed by atoms with Crippen LogP contribution >= 0.6 is 0 Å². The van der Waals surface area contributed by atoms with Gasteiger partial charge < -0.3 is 10.0 Å². The van der Waals surface area contributed by atoms with Crippen molar-refractivity contribution < 1.29 is 9.90 Å². The second-order valence-electron chi connectivity index (χ2n) is 4.27. The van der Waals surface area contributed by atoms with Gasteiger partial charge in [-0.2, -0.15) is 0 Å². The van der Waals surface area contributed by atoms with Crippen LogP contribution in [0.4, 0.5) is 5.82 Å². The van der Waals surface area contributed by atoms with Gasteiger partial charge in [-0.25, -0.2) is 9.78 Å². The van der Waals surface area contributed by atoms with E-state index in [1.807, 2.05) is 30.1 Å². The Morgan fingerprint density at radius 3 is 2.78 bits per heavy atom. The first-order chi connectivity index (χ1) is 8.63. The SMILES string of the molecule is CCCN(C)c1cc(C(=O)O)c2ccccc2n1. The summed E-state index contributed by atoms with van der Waals surface area (Å²) in [5, 5.41) is 9.95. The predicted molar refractivity (Wildman–Crippen MR) is 72.3 cm³/mol. The molecule has 4 nitrogen and oxygen atoms in total. The molecule has 94 valence electrons. The number of hydrogen-bond donors (Lipinski definition) is 1. The second-order valence-corrected chi connectivity index (χ2v) is 4.27. The highest BCUT2D eigenvalue weighted by atomic mass is 16.4. The zero-order chi connectivity index (χ0) is 13.1. The largest absolute Gasteiger partial charge is 0.478 e. The molecular weight excluding hydrogens is 228 g/mol. The van der Waals surface area contributed by atoms with Gasteiger partial charge in [-0.3, -0.25) is 0 Å². The summed E-state index contributed by atoms with van der Waals surface area (Å²) in [4.78, 5) is 17.8. The van der Waals surface area contributed by atoms with E-state index in [1.54, 1.807) is 12.1 Å². The van der Waals surface area contributed by atoms with E-state index in [9.17, 15) is 9.90 Å². The molecule has 1 aromatic heterocycles. The summed E-state index contributed by atoms with van der Waals surface area (Å²) in [7, 11) is 1.92. The van der Waals surface area contributed by atoms with Crippen LogP contribution in [0.2, 0.25) is 0 Å². The first kappa shape index (κ1) is 12.4. The van der Waals surface area contributed by atoms with E-state index in [2.05, 4.69) is 11.9 Å². The van der Waals surface area contributed by atoms with E-state index in [-0.39, 0.29) is 0 Å². The highest BCUT2D eigenvalue weighted by Crippen LogP contribution is 2.22. The Balaban J connectivity index is 2.60. The Kier molecular flexibility index (Phi) is 3.46. The van der Waals surface area contributed by atoms with Crippen molar-refractivity contribution in [1.82, 2.24) is 4.98 Å². The monoisotopic (exact) mass is 244 g/mol. The van der Waals surface area contributed by atoms with Gasteiger partial charge in [0.25, 0.3) is 0 Å². The zero-order valence-electron chi connectivity index (χ0n) is 10.6. The van der Waals surface area contributed by atoms with Crippen molar-refractivity contribution in [2.75, 3.05) is 18.5 Å². The summed E-state index contributed by atoms with van der Waals surface area (Å²) in [6, 6.07) is 8.96. The maximum absolute atomic E-state index is 11.3. The molecule has 2 aromatic rings. The quantitative estimate of drug-likeness (QED) is 0.898. The van der Waals surface area contributed by atoms with Gasteiger partial charge in [-0.05, 0) is 18.6 Å². The van der Waals surface area contributed by atoms with Gasteiger partial charge in [-0.1, -0.05) is 25.1 Å². The van der Waals surface area contributed by atoms with E-state index in [4.69, 9.17) is 0 Å². The normalized spacial score (nSPS) is 10.6. The lowest BCUT2D eigenvalue weighted by Crippen LogP contribution is -2.19. The summed E-state index contributed by atoms with van der Waals surface area (Å²) in [6.07, 6.45) is 0.993. The summed E-state index contributed by atoms with van der Waals surface area (Å²) in [5.74, 6) is -0.215. The Hall–Kier alpha value is -2.10. The first-order valence-corrected chi connectivity index (χ1v) is 5.97. The molecule has 4 heteroatoms. The molecule has 0 unspecified atom stereocenters. The number of carboxylic acid groups (broad SMARTS) is 1. The lowest BCUT2D eigenvalue weighted by molar-refractivity contribution is 0.0699. The van der Waals surface area contributed by atoms with Crippen LogP contribution in [0.15, 0.2) is 30.3 Å². The Bertz CT molecular complexity index is 581. The number of benzene rings is 1. The number of aromatic carboxylic acids is 1. The standard InChI is InChI=1S/C14H16N2O2/c1-3-8-16(2)13-9-11(14(17)18)10-6-4-5-7-12(10)15-13/h4-7,9H,3,8H2,1-2H3,(H,17,18). The van der Waals surface area contributed by atoms with Crippen LogP contribution in [0.25, 0.3) is 10.9 Å². The van der Waals surface area contributed by atoms with Crippen LogP contribution in [-0.4, -0.2) is 29.7 Å². The van der Waals surface area contributed by atoms with E-state index >= 15 is 0 Å². The number of anilines is 1. The fourth-order valence-electron chi connectivity index (χ4n) is 1.98. The van der Waals surface area contributed by atoms with Crippen LogP contribution in [0, 0.1) is 0 Å². The third kappa shape index (κ3) is 2.27. The van der Waals surface area contributed by atoms with Gasteiger partial charge in [0, 0.05) is 19.0 Å². The topological polar surface area (TPSA) is 53.4 Å². The van der Waals surface area contributed by atoms with Crippen molar-refractivity contribution in [3.05, 3.63) is 35.9 Å². The molecule has 0 saturated heterocycles. The number of carbonyl (C=O) groups is 1. The van der Waals surface area contributed by atoms with Crippen molar-refractivity contribution >= 4 is 22.7 Å². The van der Waals surface area contributed by atoms with Crippen molar-refractivity contribution in [3.8, 4) is 0 Å². The molecule has 1 aromatic carbocycles. The first-order valence-electron chi connectivity index (χ1n) is 5.97. The average molecular weight is 244 g/mol. The molecule has 1 heterocycles. The minimum atomic E-state index is -0.917. The highest BCUT2D eigenvalue weighted by Gasteiger charge is 2.13. The fourth-order valence-corrected chi connectivity index (χ4v) is 1.98. The Labute approximate surface area is 106 Å². The molecule has 0 atom stereocenters. The summed E-state index contributed by atoms with van der Waals surface area (Å²) in [5.41, 5.74) is 1.02. The van der Waals surface area contributed by atoms with E-state index in [0.717, 1.165) is 18.5 Å². The number of hydrogen-bond acceptors (Lipinski definition) is 3. The van der Waals surface area contributed by atoms with Gasteiger partial charge in [0.15, 0.2) is 0 Å². The van der Waals surface area contributed by atoms with Crippen LogP contribution in [0.5, 0.6) is 0 Å². The molecular formula is C14H16N2O2. The number of rotatable bonds is 4. The molecule has 0 aliphatic carbocycles. The molecule has 0 saturated carbocycles. The predicted octanol–water partition coefficient (Wildman–Crippen LogP) is 2.78. The maximum atomic E-state index is 11.3. The van der Waals surface area contributed by atoms with Gasteiger partial charge >= 0.3 is 5.97 Å². The maximum Gasteiger partial charge on any atom is 0.336 e. The van der Waals surface area contributed by atoms with Gasteiger partial charge in [-0.15, -0.1) is 0 Å². The number of aromatic nitrogens is 1. The van der Waals surface area contributed by atoms with Gasteiger partial charge in [0.1, 0.15) is 5.82 Å². The molecule has 0 radical (unpaired) electrons. The van der Waals surface area contributed by atoms with E-state index in [0.29, 0.717) is 16.8 Å². The molecule has 18 heavy (non-hydrogen) atoms. The number of pyridine rings is 1. The highest BCUT2D eigenvalue weighted by molar-refractivity contribution is 6.03. The van der Waals surface area contributed by atoms with Crippen molar-refractivity contribution in [2.45, 2.75) is 13.3 Å². The minimum Gasteiger partial charge on any atom is -0.478 e. The van der Waals surface area contributed by atoms with Crippen molar-refractivity contribution in [2.24, 2.45) is 0 Å². The Morgan fingerprint density at radius 2 is 2.11 bits per heavy atom. The molecule has 1 N–H and O–H groups in total. The third-order valence-electron chi connectivity index (χ3n) is 2.88. The van der Waals surface area contributed by atoms with Crippen molar-refractivity contribution in [3.63, 3.8) is 0 Å². The second kappa shape index (κ2) is 5.04. The molecule has 0 spiro atoms. The lowest BCUT2D eigenvalue weighted by atomic mass is 10.1. The van der Waals surface area contributed by atoms with Gasteiger partial charge in [0.2, 0.25) is 0 Å². The number of fused-ring (bicyclic) bond motifs is 1. The lowest BCUT2D eigenvalue weighted by Gasteiger charge is -2.18. The fraction of sp³-hybridized carbons (Fsp3) is 0.286. The van der Waals surface area contributed by atoms with Crippen LogP contribution in [0.1, 0.15) is 23.7 Å². The van der Waals surface area contributed by atoms with E-state index in [1.165, 1.54) is 0 Å². The minimum absolute atomic E-state index is 0.304. The Morgan fingerprint density at radius 1 is 1.39 bits per heavy atom. The average Bonchev–Trinajstić information content (AvgIpc) is 2.37. The van der Waals surface area contributed by atoms with E-state index < -0.39 is 5.97 Å². The molecule has 0 fully saturated rings. The van der Waals surface area contributed by atoms with Crippen LogP contribution in [0.3, 0.4) is 0 Å².